The summed E-state index contributed by atoms with van der Waals surface area (Å²) < 4.78 is 8.88. The Bertz CT molecular complexity index is 1200. The van der Waals surface area contributed by atoms with E-state index in [4.69, 9.17) is 9.26 Å². The van der Waals surface area contributed by atoms with E-state index in [-0.39, 0.29) is 26.5 Å². The van der Waals surface area contributed by atoms with E-state index in [1.807, 2.05) is 12.1 Å². The van der Waals surface area contributed by atoms with E-state index in [2.05, 4.69) is 79.8 Å². The van der Waals surface area contributed by atoms with Crippen molar-refractivity contribution in [3.05, 3.63) is 83.4 Å². The van der Waals surface area contributed by atoms with Gasteiger partial charge in [-0.05, 0) is 15.4 Å². The van der Waals surface area contributed by atoms with Crippen molar-refractivity contribution < 1.29 is 14.1 Å². The van der Waals surface area contributed by atoms with Crippen LogP contribution in [0.4, 0.5) is 5.82 Å². The maximum atomic E-state index is 12.6. The van der Waals surface area contributed by atoms with Crippen molar-refractivity contribution in [2.45, 2.75) is 42.7 Å². The van der Waals surface area contributed by atoms with Crippen LogP contribution in [0.2, 0.25) is 5.04 Å². The molecule has 3 aromatic rings. The number of benzene rings is 2. The van der Waals surface area contributed by atoms with E-state index in [0.29, 0.717) is 6.61 Å². The van der Waals surface area contributed by atoms with E-state index in [9.17, 15) is 9.59 Å². The standard InChI is InChI=1S/C26H31N3O4S2Si/c1-19(30)33-28-22-15-16-29(25(31)27-22)23-18-34-24(35-23)17-32-36(26(2,3)4,20-11-7-5-8-12-20)21-13-9-6-10-14-21/h5-16,23-24H,17-18H2,1-4H3,(H,27,28,31)/t23-,24+/m1/s1. The Balaban J connectivity index is 1.53. The van der Waals surface area contributed by atoms with Gasteiger partial charge < -0.3 is 9.26 Å². The second kappa shape index (κ2) is 11.2. The number of carbonyl (C=O) groups excluding carboxylic acids is 1. The van der Waals surface area contributed by atoms with Crippen molar-refractivity contribution in [2.24, 2.45) is 0 Å². The Labute approximate surface area is 221 Å². The SMILES string of the molecule is CC(=O)ONc1ccn([C@H]2CS[C@H](CO[Si](c3ccccc3)(c3ccccc3)C(C)(C)C)S2)c(=O)n1. The zero-order valence-corrected chi connectivity index (χ0v) is 23.5. The lowest BCUT2D eigenvalue weighted by molar-refractivity contribution is -0.138. The third-order valence-corrected chi connectivity index (χ3v) is 14.1. The summed E-state index contributed by atoms with van der Waals surface area (Å²) in [7, 11) is -2.61. The molecule has 1 aliphatic rings. The lowest BCUT2D eigenvalue weighted by Crippen LogP contribution is -2.66. The van der Waals surface area contributed by atoms with Gasteiger partial charge in [0.05, 0.1) is 16.6 Å². The largest absolute Gasteiger partial charge is 0.405 e. The highest BCUT2D eigenvalue weighted by molar-refractivity contribution is 8.20. The third kappa shape index (κ3) is 5.72. The minimum atomic E-state index is -2.61. The van der Waals surface area contributed by atoms with Gasteiger partial charge in [-0.1, -0.05) is 81.4 Å². The molecule has 36 heavy (non-hydrogen) atoms. The number of carbonyl (C=O) groups is 1. The molecular weight excluding hydrogens is 511 g/mol. The predicted molar refractivity (Wildman–Crippen MR) is 150 cm³/mol. The van der Waals surface area contributed by atoms with Crippen molar-refractivity contribution in [3.8, 4) is 0 Å². The highest BCUT2D eigenvalue weighted by Crippen LogP contribution is 2.45. The quantitative estimate of drug-likeness (QED) is 0.338. The zero-order valence-electron chi connectivity index (χ0n) is 20.8. The average Bonchev–Trinajstić information content (AvgIpc) is 3.32. The van der Waals surface area contributed by atoms with Crippen molar-refractivity contribution >= 4 is 54.0 Å². The Morgan fingerprint density at radius 3 is 2.22 bits per heavy atom. The van der Waals surface area contributed by atoms with Gasteiger partial charge >= 0.3 is 11.7 Å². The van der Waals surface area contributed by atoms with Crippen LogP contribution < -0.4 is 21.5 Å². The molecule has 2 aromatic carbocycles. The predicted octanol–water partition coefficient (Wildman–Crippen LogP) is 4.01. The molecule has 1 saturated heterocycles. The maximum absolute atomic E-state index is 12.6. The van der Waals surface area contributed by atoms with Gasteiger partial charge in [-0.15, -0.1) is 23.5 Å². The van der Waals surface area contributed by atoms with Crippen molar-refractivity contribution in [3.63, 3.8) is 0 Å². The van der Waals surface area contributed by atoms with Crippen LogP contribution in [0.5, 0.6) is 0 Å². The summed E-state index contributed by atoms with van der Waals surface area (Å²) in [6.07, 6.45) is 1.69. The van der Waals surface area contributed by atoms with Crippen LogP contribution in [0.15, 0.2) is 77.7 Å². The first kappa shape index (κ1) is 26.5. The van der Waals surface area contributed by atoms with E-state index >= 15 is 0 Å². The van der Waals surface area contributed by atoms with Gasteiger partial charge in [0, 0.05) is 24.9 Å². The molecule has 7 nitrogen and oxygen atoms in total. The average molecular weight is 542 g/mol. The molecule has 0 radical (unpaired) electrons. The molecule has 1 aromatic heterocycles. The number of hydrogen-bond donors (Lipinski definition) is 1. The van der Waals surface area contributed by atoms with Crippen molar-refractivity contribution in [1.82, 2.24) is 9.55 Å². The van der Waals surface area contributed by atoms with E-state index in [0.717, 1.165) is 5.75 Å². The molecule has 0 spiro atoms. The monoisotopic (exact) mass is 541 g/mol. The normalized spacial score (nSPS) is 18.1. The van der Waals surface area contributed by atoms with E-state index in [1.165, 1.54) is 17.3 Å². The van der Waals surface area contributed by atoms with E-state index < -0.39 is 14.3 Å². The summed E-state index contributed by atoms with van der Waals surface area (Å²) in [4.78, 5) is 32.3. The smallest absolute Gasteiger partial charge is 0.350 e. The van der Waals surface area contributed by atoms with Crippen molar-refractivity contribution in [2.75, 3.05) is 17.8 Å². The fourth-order valence-corrected chi connectivity index (χ4v) is 12.2. The van der Waals surface area contributed by atoms with Crippen LogP contribution in [-0.4, -0.2) is 40.8 Å². The first-order chi connectivity index (χ1) is 17.2. The van der Waals surface area contributed by atoms with Crippen LogP contribution in [0, 0.1) is 0 Å². The van der Waals surface area contributed by atoms with Gasteiger partial charge in [0.25, 0.3) is 8.32 Å². The summed E-state index contributed by atoms with van der Waals surface area (Å²) in [6, 6.07) is 22.8. The number of nitrogens with zero attached hydrogens (tertiary/aromatic N) is 2. The Morgan fingerprint density at radius 1 is 1.08 bits per heavy atom. The minimum Gasteiger partial charge on any atom is -0.405 e. The molecule has 0 unspecified atom stereocenters. The molecule has 1 N–H and O–H groups in total. The van der Waals surface area contributed by atoms with Gasteiger partial charge in [-0.2, -0.15) is 4.98 Å². The molecule has 2 atom stereocenters. The summed E-state index contributed by atoms with van der Waals surface area (Å²) in [5, 5.41) is 2.37. The molecule has 10 heteroatoms. The van der Waals surface area contributed by atoms with Gasteiger partial charge in [-0.25, -0.2) is 10.3 Å². The first-order valence-corrected chi connectivity index (χ1v) is 15.7. The Hall–Kier alpha value is -2.53. The number of thioether (sulfide) groups is 2. The van der Waals surface area contributed by atoms with Gasteiger partial charge in [-0.3, -0.25) is 9.36 Å². The van der Waals surface area contributed by atoms with Gasteiger partial charge in [0.15, 0.2) is 5.82 Å². The number of anilines is 1. The lowest BCUT2D eigenvalue weighted by atomic mass is 10.2. The van der Waals surface area contributed by atoms with Crippen molar-refractivity contribution in [1.29, 1.82) is 0 Å². The van der Waals surface area contributed by atoms with Crippen LogP contribution in [0.1, 0.15) is 33.1 Å². The Morgan fingerprint density at radius 2 is 1.69 bits per heavy atom. The summed E-state index contributed by atoms with van der Waals surface area (Å²) in [5.41, 5.74) is 2.00. The van der Waals surface area contributed by atoms with Gasteiger partial charge in [0.1, 0.15) is 0 Å². The fraction of sp³-hybridized carbons (Fsp3) is 0.346. The number of nitrogens with one attached hydrogen (secondary N) is 1. The minimum absolute atomic E-state index is 0.0504. The summed E-state index contributed by atoms with van der Waals surface area (Å²) >= 11 is 3.52. The number of hydrogen-bond acceptors (Lipinski definition) is 8. The molecule has 1 aliphatic heterocycles. The van der Waals surface area contributed by atoms with Crippen LogP contribution in [0.3, 0.4) is 0 Å². The van der Waals surface area contributed by atoms with Crippen LogP contribution in [0.25, 0.3) is 0 Å². The number of rotatable bonds is 8. The Kier molecular flexibility index (Phi) is 8.29. The molecule has 1 fully saturated rings. The van der Waals surface area contributed by atoms with Crippen LogP contribution >= 0.6 is 23.5 Å². The molecule has 2 heterocycles. The van der Waals surface area contributed by atoms with E-state index in [1.54, 1.807) is 40.4 Å². The summed E-state index contributed by atoms with van der Waals surface area (Å²) in [5.74, 6) is 0.471. The van der Waals surface area contributed by atoms with Crippen LogP contribution in [-0.2, 0) is 14.1 Å². The maximum Gasteiger partial charge on any atom is 0.350 e. The second-order valence-electron chi connectivity index (χ2n) is 9.53. The molecule has 4 rings (SSSR count). The summed E-state index contributed by atoms with van der Waals surface area (Å²) in [6.45, 7) is 8.66. The molecule has 190 valence electrons. The third-order valence-electron chi connectivity index (χ3n) is 6.03. The first-order valence-electron chi connectivity index (χ1n) is 11.8. The molecule has 0 aliphatic carbocycles. The second-order valence-corrected chi connectivity index (χ2v) is 16.8. The number of aromatic nitrogens is 2. The lowest BCUT2D eigenvalue weighted by Gasteiger charge is -2.43. The highest BCUT2D eigenvalue weighted by Gasteiger charge is 2.50. The molecule has 0 bridgehead atoms. The molecule has 0 amide bonds. The zero-order chi connectivity index (χ0) is 25.8. The molecular formula is C26H31N3O4S2Si. The highest BCUT2D eigenvalue weighted by atomic mass is 32.2. The van der Waals surface area contributed by atoms with Gasteiger partial charge in [0.2, 0.25) is 0 Å². The topological polar surface area (TPSA) is 82.5 Å². The fourth-order valence-electron chi connectivity index (χ4n) is 4.44. The molecule has 0 saturated carbocycles.